The standard InChI is InChI=1S/C24H32N2O5/c1-7-18(26-31-8-2)24-19(28)9-16(10-20(24)29)23-13(4)17(11-21(25)30)12(3)22(14(23)5)15(6)27/h16,28H,7-11H2,1-6H3,(H2,25,30). The van der Waals surface area contributed by atoms with E-state index in [0.29, 0.717) is 29.9 Å². The van der Waals surface area contributed by atoms with Crippen molar-refractivity contribution in [2.75, 3.05) is 6.61 Å². The van der Waals surface area contributed by atoms with Gasteiger partial charge in [-0.1, -0.05) is 12.1 Å². The van der Waals surface area contributed by atoms with Crippen molar-refractivity contribution in [2.24, 2.45) is 10.9 Å². The second-order valence-corrected chi connectivity index (χ2v) is 8.00. The number of oxime groups is 1. The van der Waals surface area contributed by atoms with E-state index >= 15 is 0 Å². The Morgan fingerprint density at radius 3 is 2.26 bits per heavy atom. The molecule has 0 heterocycles. The number of allylic oxidation sites excluding steroid dienone is 2. The summed E-state index contributed by atoms with van der Waals surface area (Å²) in [5, 5.41) is 14.8. The van der Waals surface area contributed by atoms with Crippen molar-refractivity contribution in [2.45, 2.75) is 73.1 Å². The molecule has 7 heteroatoms. The van der Waals surface area contributed by atoms with E-state index < -0.39 is 5.91 Å². The number of aliphatic hydroxyl groups excluding tert-OH is 1. The summed E-state index contributed by atoms with van der Waals surface area (Å²) in [6.45, 7) is 11.1. The van der Waals surface area contributed by atoms with Crippen LogP contribution in [-0.2, 0) is 20.8 Å². The molecule has 0 bridgehead atoms. The van der Waals surface area contributed by atoms with Crippen LogP contribution in [0.25, 0.3) is 0 Å². The van der Waals surface area contributed by atoms with Gasteiger partial charge in [0.1, 0.15) is 12.4 Å². The first kappa shape index (κ1) is 24.3. The van der Waals surface area contributed by atoms with Crippen molar-refractivity contribution in [3.05, 3.63) is 44.7 Å². The molecule has 2 rings (SSSR count). The lowest BCUT2D eigenvalue weighted by atomic mass is 9.74. The average Bonchev–Trinajstić information content (AvgIpc) is 2.66. The summed E-state index contributed by atoms with van der Waals surface area (Å²) in [4.78, 5) is 42.2. The minimum absolute atomic E-state index is 0.0139. The number of carbonyl (C=O) groups is 3. The van der Waals surface area contributed by atoms with Crippen molar-refractivity contribution in [3.63, 3.8) is 0 Å². The quantitative estimate of drug-likeness (QED) is 0.370. The largest absolute Gasteiger partial charge is 0.511 e. The normalized spacial score (nSPS) is 17.2. The number of aliphatic hydroxyl groups is 1. The second-order valence-electron chi connectivity index (χ2n) is 8.00. The molecule has 0 spiro atoms. The number of hydrogen-bond acceptors (Lipinski definition) is 6. The van der Waals surface area contributed by atoms with Gasteiger partial charge in [0.05, 0.1) is 17.7 Å². The Bertz CT molecular complexity index is 988. The fourth-order valence-electron chi connectivity index (χ4n) is 4.73. The van der Waals surface area contributed by atoms with Crippen LogP contribution in [0.5, 0.6) is 0 Å². The van der Waals surface area contributed by atoms with E-state index in [0.717, 1.165) is 22.3 Å². The lowest BCUT2D eigenvalue weighted by Gasteiger charge is -2.29. The highest BCUT2D eigenvalue weighted by molar-refractivity contribution is 6.23. The Morgan fingerprint density at radius 1 is 1.13 bits per heavy atom. The predicted octanol–water partition coefficient (Wildman–Crippen LogP) is 3.90. The third-order valence-corrected chi connectivity index (χ3v) is 5.94. The molecular weight excluding hydrogens is 396 g/mol. The number of nitrogens with two attached hydrogens (primary N) is 1. The minimum Gasteiger partial charge on any atom is -0.511 e. The number of nitrogens with zero attached hydrogens (tertiary/aromatic N) is 1. The highest BCUT2D eigenvalue weighted by Crippen LogP contribution is 2.40. The Balaban J connectivity index is 2.65. The molecule has 1 amide bonds. The Hall–Kier alpha value is -2.96. The zero-order valence-corrected chi connectivity index (χ0v) is 19.2. The number of primary amides is 1. The number of hydrogen-bond donors (Lipinski definition) is 2. The van der Waals surface area contributed by atoms with Crippen molar-refractivity contribution >= 4 is 23.2 Å². The summed E-state index contributed by atoms with van der Waals surface area (Å²) in [6, 6.07) is 0. The fourth-order valence-corrected chi connectivity index (χ4v) is 4.73. The third-order valence-electron chi connectivity index (χ3n) is 5.94. The summed E-state index contributed by atoms with van der Waals surface area (Å²) in [6.07, 6.45) is 0.878. The number of benzene rings is 1. The smallest absolute Gasteiger partial charge is 0.221 e. The molecule has 3 N–H and O–H groups in total. The van der Waals surface area contributed by atoms with Crippen molar-refractivity contribution in [1.29, 1.82) is 0 Å². The monoisotopic (exact) mass is 428 g/mol. The van der Waals surface area contributed by atoms with E-state index in [1.54, 1.807) is 6.92 Å². The van der Waals surface area contributed by atoms with Crippen molar-refractivity contribution in [3.8, 4) is 0 Å². The fraction of sp³-hybridized carbons (Fsp3) is 0.500. The molecular formula is C24H32N2O5. The van der Waals surface area contributed by atoms with E-state index in [-0.39, 0.29) is 48.1 Å². The van der Waals surface area contributed by atoms with E-state index in [4.69, 9.17) is 10.6 Å². The van der Waals surface area contributed by atoms with Gasteiger partial charge in [0.2, 0.25) is 5.91 Å². The molecule has 7 nitrogen and oxygen atoms in total. The van der Waals surface area contributed by atoms with Gasteiger partial charge in [-0.2, -0.15) is 0 Å². The molecule has 0 saturated heterocycles. The molecule has 0 aliphatic heterocycles. The first-order valence-corrected chi connectivity index (χ1v) is 10.6. The second kappa shape index (κ2) is 9.90. The number of carbonyl (C=O) groups excluding carboxylic acids is 3. The van der Waals surface area contributed by atoms with Gasteiger partial charge in [-0.15, -0.1) is 0 Å². The molecule has 168 valence electrons. The summed E-state index contributed by atoms with van der Waals surface area (Å²) < 4.78 is 0. The van der Waals surface area contributed by atoms with Gasteiger partial charge < -0.3 is 15.7 Å². The van der Waals surface area contributed by atoms with E-state index in [2.05, 4.69) is 5.16 Å². The number of amides is 1. The molecule has 0 saturated carbocycles. The van der Waals surface area contributed by atoms with Crippen molar-refractivity contribution in [1.82, 2.24) is 0 Å². The Kier molecular flexibility index (Phi) is 7.76. The zero-order valence-electron chi connectivity index (χ0n) is 19.2. The first-order chi connectivity index (χ1) is 14.5. The highest BCUT2D eigenvalue weighted by Gasteiger charge is 2.34. The molecule has 1 aliphatic carbocycles. The van der Waals surface area contributed by atoms with Crippen LogP contribution in [0.3, 0.4) is 0 Å². The molecule has 1 unspecified atom stereocenters. The van der Waals surface area contributed by atoms with E-state index in [1.807, 2.05) is 27.7 Å². The van der Waals surface area contributed by atoms with Gasteiger partial charge >= 0.3 is 0 Å². The van der Waals surface area contributed by atoms with E-state index in [1.165, 1.54) is 6.92 Å². The van der Waals surface area contributed by atoms with Crippen LogP contribution in [0.1, 0.15) is 84.1 Å². The van der Waals surface area contributed by atoms with Crippen LogP contribution in [-0.4, -0.2) is 34.9 Å². The zero-order chi connectivity index (χ0) is 23.5. The average molecular weight is 429 g/mol. The Morgan fingerprint density at radius 2 is 1.77 bits per heavy atom. The van der Waals surface area contributed by atoms with Gasteiger partial charge in [0.25, 0.3) is 0 Å². The molecule has 1 atom stereocenters. The number of Topliss-reactive ketones (excluding diaryl/α,β-unsaturated/α-hetero) is 2. The van der Waals surface area contributed by atoms with Gasteiger partial charge in [-0.3, -0.25) is 14.4 Å². The minimum atomic E-state index is -0.486. The van der Waals surface area contributed by atoms with Gasteiger partial charge in [0.15, 0.2) is 11.6 Å². The van der Waals surface area contributed by atoms with Crippen LogP contribution < -0.4 is 5.73 Å². The van der Waals surface area contributed by atoms with Crippen LogP contribution in [0.15, 0.2) is 16.5 Å². The third kappa shape index (κ3) is 4.86. The SMILES string of the molecule is CCON=C(CC)C1=C(O)CC(c2c(C)c(CC(N)=O)c(C)c(C(C)=O)c2C)CC1=O. The Labute approximate surface area is 183 Å². The van der Waals surface area contributed by atoms with Gasteiger partial charge in [-0.25, -0.2) is 0 Å². The van der Waals surface area contributed by atoms with Crippen LogP contribution in [0.4, 0.5) is 0 Å². The number of ketones is 2. The van der Waals surface area contributed by atoms with Crippen LogP contribution in [0.2, 0.25) is 0 Å². The molecule has 1 aromatic carbocycles. The van der Waals surface area contributed by atoms with Gasteiger partial charge in [0, 0.05) is 18.4 Å². The first-order valence-electron chi connectivity index (χ1n) is 10.6. The van der Waals surface area contributed by atoms with Gasteiger partial charge in [-0.05, 0) is 74.8 Å². The summed E-state index contributed by atoms with van der Waals surface area (Å²) >= 11 is 0. The van der Waals surface area contributed by atoms with Crippen LogP contribution in [0, 0.1) is 20.8 Å². The molecule has 0 fully saturated rings. The lowest BCUT2D eigenvalue weighted by molar-refractivity contribution is -0.117. The summed E-state index contributed by atoms with van der Waals surface area (Å²) in [5.74, 6) is -1.15. The molecule has 1 aromatic rings. The molecule has 0 aromatic heterocycles. The summed E-state index contributed by atoms with van der Waals surface area (Å²) in [5.41, 5.74) is 10.6. The summed E-state index contributed by atoms with van der Waals surface area (Å²) in [7, 11) is 0. The molecule has 0 radical (unpaired) electrons. The topological polar surface area (TPSA) is 119 Å². The maximum absolute atomic E-state index is 13.0. The predicted molar refractivity (Wildman–Crippen MR) is 120 cm³/mol. The maximum Gasteiger partial charge on any atom is 0.221 e. The lowest BCUT2D eigenvalue weighted by Crippen LogP contribution is -2.26. The van der Waals surface area contributed by atoms with Crippen molar-refractivity contribution < 1.29 is 24.3 Å². The number of rotatable bonds is 8. The highest BCUT2D eigenvalue weighted by atomic mass is 16.6. The molecule has 31 heavy (non-hydrogen) atoms. The molecule has 1 aliphatic rings. The van der Waals surface area contributed by atoms with E-state index in [9.17, 15) is 19.5 Å². The maximum atomic E-state index is 13.0. The van der Waals surface area contributed by atoms with Crippen LogP contribution >= 0.6 is 0 Å².